The van der Waals surface area contributed by atoms with Gasteiger partial charge in [0.15, 0.2) is 0 Å². The molecule has 4 rings (SSSR count). The SMILES string of the molecule is O[C@@H]1C[C@H]2O[C@H]2C[C@H]1N1CCc2ccccc2C1. The van der Waals surface area contributed by atoms with Crippen LogP contribution in [-0.4, -0.2) is 40.9 Å². The molecule has 1 saturated heterocycles. The second-order valence-corrected chi connectivity index (χ2v) is 5.81. The van der Waals surface area contributed by atoms with Crippen LogP contribution in [0.2, 0.25) is 0 Å². The summed E-state index contributed by atoms with van der Waals surface area (Å²) in [6.45, 7) is 2.05. The van der Waals surface area contributed by atoms with Crippen LogP contribution in [0.15, 0.2) is 24.3 Å². The van der Waals surface area contributed by atoms with Gasteiger partial charge in [0.05, 0.1) is 18.3 Å². The van der Waals surface area contributed by atoms with Gasteiger partial charge in [-0.3, -0.25) is 4.90 Å². The van der Waals surface area contributed by atoms with Gasteiger partial charge in [-0.1, -0.05) is 24.3 Å². The van der Waals surface area contributed by atoms with Gasteiger partial charge in [-0.2, -0.15) is 0 Å². The highest BCUT2D eigenvalue weighted by Gasteiger charge is 2.49. The molecule has 2 fully saturated rings. The average Bonchev–Trinajstić information content (AvgIpc) is 3.15. The molecule has 0 aromatic heterocycles. The predicted molar refractivity (Wildman–Crippen MR) is 68.2 cm³/mol. The lowest BCUT2D eigenvalue weighted by atomic mass is 9.89. The van der Waals surface area contributed by atoms with Crippen molar-refractivity contribution in [2.75, 3.05) is 6.54 Å². The van der Waals surface area contributed by atoms with Gasteiger partial charge < -0.3 is 9.84 Å². The molecule has 2 aliphatic heterocycles. The first-order valence-corrected chi connectivity index (χ1v) is 6.95. The van der Waals surface area contributed by atoms with Crippen LogP contribution >= 0.6 is 0 Å². The summed E-state index contributed by atoms with van der Waals surface area (Å²) >= 11 is 0. The molecule has 0 amide bonds. The molecule has 1 aromatic rings. The smallest absolute Gasteiger partial charge is 0.0867 e. The predicted octanol–water partition coefficient (Wildman–Crippen LogP) is 1.34. The fourth-order valence-corrected chi connectivity index (χ4v) is 3.58. The fourth-order valence-electron chi connectivity index (χ4n) is 3.58. The van der Waals surface area contributed by atoms with Crippen molar-refractivity contribution in [1.29, 1.82) is 0 Å². The molecule has 1 aromatic carbocycles. The number of epoxide rings is 1. The van der Waals surface area contributed by atoms with Crippen LogP contribution in [0, 0.1) is 0 Å². The topological polar surface area (TPSA) is 36.0 Å². The molecule has 0 bridgehead atoms. The number of benzene rings is 1. The lowest BCUT2D eigenvalue weighted by Gasteiger charge is -2.39. The summed E-state index contributed by atoms with van der Waals surface area (Å²) in [4.78, 5) is 2.45. The van der Waals surface area contributed by atoms with E-state index in [2.05, 4.69) is 29.2 Å². The number of hydrogen-bond acceptors (Lipinski definition) is 3. The van der Waals surface area contributed by atoms with Crippen LogP contribution in [0.4, 0.5) is 0 Å². The maximum atomic E-state index is 10.2. The fraction of sp³-hybridized carbons (Fsp3) is 0.600. The van der Waals surface area contributed by atoms with E-state index in [0.29, 0.717) is 18.2 Å². The standard InChI is InChI=1S/C15H19NO2/c17-13-8-15-14(18-15)7-12(13)16-6-5-10-3-1-2-4-11(10)9-16/h1-4,12-15,17H,5-9H2/t12-,13-,14+,15-/m1/s1. The maximum Gasteiger partial charge on any atom is 0.0867 e. The van der Waals surface area contributed by atoms with Crippen molar-refractivity contribution in [2.45, 2.75) is 50.2 Å². The molecule has 18 heavy (non-hydrogen) atoms. The van der Waals surface area contributed by atoms with E-state index in [1.54, 1.807) is 0 Å². The third-order valence-corrected chi connectivity index (χ3v) is 4.71. The molecule has 0 spiro atoms. The Kier molecular flexibility index (Phi) is 2.47. The Bertz CT molecular complexity index is 462. The molecular formula is C15H19NO2. The summed E-state index contributed by atoms with van der Waals surface area (Å²) in [6, 6.07) is 8.96. The van der Waals surface area contributed by atoms with Gasteiger partial charge in [0.2, 0.25) is 0 Å². The molecule has 3 aliphatic rings. The van der Waals surface area contributed by atoms with Gasteiger partial charge >= 0.3 is 0 Å². The van der Waals surface area contributed by atoms with Gasteiger partial charge in [-0.05, 0) is 24.0 Å². The average molecular weight is 245 g/mol. The number of fused-ring (bicyclic) bond motifs is 2. The molecule has 0 radical (unpaired) electrons. The van der Waals surface area contributed by atoms with E-state index in [1.807, 2.05) is 0 Å². The number of hydrogen-bond donors (Lipinski definition) is 1. The zero-order chi connectivity index (χ0) is 12.1. The zero-order valence-electron chi connectivity index (χ0n) is 10.5. The van der Waals surface area contributed by atoms with E-state index >= 15 is 0 Å². The molecule has 2 heterocycles. The summed E-state index contributed by atoms with van der Waals surface area (Å²) in [5, 5.41) is 10.2. The Labute approximate surface area is 107 Å². The number of aliphatic hydroxyl groups is 1. The van der Waals surface area contributed by atoms with Crippen molar-refractivity contribution < 1.29 is 9.84 Å². The minimum Gasteiger partial charge on any atom is -0.391 e. The van der Waals surface area contributed by atoms with Gasteiger partial charge in [0.1, 0.15) is 0 Å². The molecule has 1 aliphatic carbocycles. The summed E-state index contributed by atoms with van der Waals surface area (Å²) in [5.41, 5.74) is 2.90. The molecule has 4 atom stereocenters. The van der Waals surface area contributed by atoms with Crippen molar-refractivity contribution in [1.82, 2.24) is 4.90 Å². The summed E-state index contributed by atoms with van der Waals surface area (Å²) in [5.74, 6) is 0. The third-order valence-electron chi connectivity index (χ3n) is 4.71. The normalized spacial score (nSPS) is 38.9. The van der Waals surface area contributed by atoms with Crippen LogP contribution in [-0.2, 0) is 17.7 Å². The van der Waals surface area contributed by atoms with Crippen molar-refractivity contribution in [2.24, 2.45) is 0 Å². The highest BCUT2D eigenvalue weighted by atomic mass is 16.6. The van der Waals surface area contributed by atoms with E-state index in [1.165, 1.54) is 11.1 Å². The molecular weight excluding hydrogens is 226 g/mol. The largest absolute Gasteiger partial charge is 0.391 e. The van der Waals surface area contributed by atoms with Crippen LogP contribution in [0.3, 0.4) is 0 Å². The highest BCUT2D eigenvalue weighted by molar-refractivity contribution is 5.29. The van der Waals surface area contributed by atoms with E-state index in [9.17, 15) is 5.11 Å². The highest BCUT2D eigenvalue weighted by Crippen LogP contribution is 2.39. The van der Waals surface area contributed by atoms with Gasteiger partial charge in [0.25, 0.3) is 0 Å². The second kappa shape index (κ2) is 4.05. The first kappa shape index (κ1) is 11.0. The third kappa shape index (κ3) is 1.78. The number of ether oxygens (including phenoxy) is 1. The van der Waals surface area contributed by atoms with E-state index < -0.39 is 0 Å². The van der Waals surface area contributed by atoms with Crippen molar-refractivity contribution in [3.05, 3.63) is 35.4 Å². The Morgan fingerprint density at radius 1 is 1.11 bits per heavy atom. The first-order valence-electron chi connectivity index (χ1n) is 6.95. The lowest BCUT2D eigenvalue weighted by molar-refractivity contribution is 0.0215. The summed E-state index contributed by atoms with van der Waals surface area (Å²) in [6.07, 6.45) is 3.51. The monoisotopic (exact) mass is 245 g/mol. The van der Waals surface area contributed by atoms with Crippen LogP contribution < -0.4 is 0 Å². The molecule has 1 N–H and O–H groups in total. The van der Waals surface area contributed by atoms with Crippen LogP contribution in [0.25, 0.3) is 0 Å². The minimum absolute atomic E-state index is 0.209. The number of rotatable bonds is 1. The lowest BCUT2D eigenvalue weighted by Crippen LogP contribution is -2.49. The molecule has 3 nitrogen and oxygen atoms in total. The van der Waals surface area contributed by atoms with Crippen molar-refractivity contribution in [3.8, 4) is 0 Å². The molecule has 96 valence electrons. The molecule has 3 heteroatoms. The quantitative estimate of drug-likeness (QED) is 0.758. The number of aliphatic hydroxyl groups excluding tert-OH is 1. The molecule has 0 unspecified atom stereocenters. The van der Waals surface area contributed by atoms with Gasteiger partial charge in [-0.15, -0.1) is 0 Å². The van der Waals surface area contributed by atoms with Gasteiger partial charge in [-0.25, -0.2) is 0 Å². The zero-order valence-corrected chi connectivity index (χ0v) is 10.5. The Balaban J connectivity index is 1.53. The second-order valence-electron chi connectivity index (χ2n) is 5.81. The van der Waals surface area contributed by atoms with E-state index in [-0.39, 0.29) is 6.10 Å². The van der Waals surface area contributed by atoms with Gasteiger partial charge in [0, 0.05) is 25.6 Å². The van der Waals surface area contributed by atoms with Crippen molar-refractivity contribution >= 4 is 0 Å². The summed E-state index contributed by atoms with van der Waals surface area (Å²) in [7, 11) is 0. The Hall–Kier alpha value is -0.900. The van der Waals surface area contributed by atoms with Crippen LogP contribution in [0.1, 0.15) is 24.0 Å². The number of nitrogens with zero attached hydrogens (tertiary/aromatic N) is 1. The van der Waals surface area contributed by atoms with E-state index in [4.69, 9.17) is 4.74 Å². The summed E-state index contributed by atoms with van der Waals surface area (Å²) < 4.78 is 5.55. The minimum atomic E-state index is -0.209. The molecule has 1 saturated carbocycles. The Morgan fingerprint density at radius 2 is 1.89 bits per heavy atom. The van der Waals surface area contributed by atoms with Crippen LogP contribution in [0.5, 0.6) is 0 Å². The van der Waals surface area contributed by atoms with E-state index in [0.717, 1.165) is 32.4 Å². The Morgan fingerprint density at radius 3 is 2.78 bits per heavy atom. The maximum absolute atomic E-state index is 10.2. The first-order chi connectivity index (χ1) is 8.81. The van der Waals surface area contributed by atoms with Crippen molar-refractivity contribution in [3.63, 3.8) is 0 Å².